The molecule has 1 saturated carbocycles. The average molecular weight is 403 g/mol. The quantitative estimate of drug-likeness (QED) is 0.457. The van der Waals surface area contributed by atoms with Crippen molar-refractivity contribution in [1.29, 1.82) is 0 Å². The molecule has 1 amide bonds. The number of fused-ring (bicyclic) bond motifs is 1. The van der Waals surface area contributed by atoms with Gasteiger partial charge in [0.15, 0.2) is 5.65 Å². The number of benzene rings is 1. The van der Waals surface area contributed by atoms with Gasteiger partial charge in [0.05, 0.1) is 27.7 Å². The molecule has 29 heavy (non-hydrogen) atoms. The highest BCUT2D eigenvalue weighted by atomic mass is 32.1. The summed E-state index contributed by atoms with van der Waals surface area (Å²) in [5.74, 6) is 0.0669. The summed E-state index contributed by atoms with van der Waals surface area (Å²) in [4.78, 5) is 21.6. The smallest absolute Gasteiger partial charge is 0.255 e. The Morgan fingerprint density at radius 1 is 1.21 bits per heavy atom. The number of hydrogen-bond acceptors (Lipinski definition) is 4. The second-order valence-corrected chi connectivity index (χ2v) is 8.33. The van der Waals surface area contributed by atoms with Gasteiger partial charge in [-0.3, -0.25) is 4.79 Å². The highest BCUT2D eigenvalue weighted by molar-refractivity contribution is 7.13. The second-order valence-electron chi connectivity index (χ2n) is 7.38. The number of carbonyl (C=O) groups excluding carboxylic acids is 1. The van der Waals surface area contributed by atoms with Gasteiger partial charge in [0, 0.05) is 19.1 Å². The molecule has 3 aromatic heterocycles. The summed E-state index contributed by atoms with van der Waals surface area (Å²) < 4.78 is 1.86. The first-order valence-electron chi connectivity index (χ1n) is 10.00. The fourth-order valence-electron chi connectivity index (χ4n) is 3.69. The third-order valence-corrected chi connectivity index (χ3v) is 6.25. The molecule has 0 unspecified atom stereocenters. The van der Waals surface area contributed by atoms with Crippen LogP contribution in [-0.4, -0.2) is 31.6 Å². The lowest BCUT2D eigenvalue weighted by atomic mass is 10.1. The lowest BCUT2D eigenvalue weighted by molar-refractivity contribution is 0.0732. The molecule has 1 aliphatic carbocycles. The third kappa shape index (κ3) is 3.44. The van der Waals surface area contributed by atoms with E-state index in [9.17, 15) is 4.79 Å². The van der Waals surface area contributed by atoms with Gasteiger partial charge < -0.3 is 4.90 Å². The first kappa shape index (κ1) is 18.1. The Bertz CT molecular complexity index is 1150. The van der Waals surface area contributed by atoms with Crippen LogP contribution in [-0.2, 0) is 13.1 Å². The van der Waals surface area contributed by atoms with Crippen molar-refractivity contribution in [2.45, 2.75) is 38.9 Å². The van der Waals surface area contributed by atoms with E-state index in [1.807, 2.05) is 58.3 Å². The minimum atomic E-state index is 0.0669. The van der Waals surface area contributed by atoms with Gasteiger partial charge in [0.1, 0.15) is 0 Å². The van der Waals surface area contributed by atoms with Crippen LogP contribution in [0.5, 0.6) is 0 Å². The summed E-state index contributed by atoms with van der Waals surface area (Å²) in [6, 6.07) is 16.5. The Labute approximate surface area is 173 Å². The number of aryl methyl sites for hydroxylation is 1. The minimum Gasteiger partial charge on any atom is -0.331 e. The molecule has 0 aliphatic heterocycles. The molecule has 1 aliphatic rings. The van der Waals surface area contributed by atoms with Crippen LogP contribution < -0.4 is 0 Å². The van der Waals surface area contributed by atoms with Gasteiger partial charge in [-0.05, 0) is 42.8 Å². The predicted octanol–water partition coefficient (Wildman–Crippen LogP) is 4.98. The summed E-state index contributed by atoms with van der Waals surface area (Å²) in [6.07, 6.45) is 3.92. The number of rotatable bonds is 6. The fourth-order valence-corrected chi connectivity index (χ4v) is 4.38. The molecule has 1 aromatic carbocycles. The first-order chi connectivity index (χ1) is 14.2. The molecule has 4 aromatic rings. The van der Waals surface area contributed by atoms with E-state index in [0.717, 1.165) is 40.0 Å². The van der Waals surface area contributed by atoms with Gasteiger partial charge in [-0.15, -0.1) is 11.3 Å². The van der Waals surface area contributed by atoms with E-state index in [4.69, 9.17) is 4.98 Å². The zero-order valence-corrected chi connectivity index (χ0v) is 17.1. The number of nitrogens with zero attached hydrogens (tertiary/aromatic N) is 4. The van der Waals surface area contributed by atoms with Crippen molar-refractivity contribution in [2.24, 2.45) is 0 Å². The maximum atomic E-state index is 13.7. The predicted molar refractivity (Wildman–Crippen MR) is 116 cm³/mol. The molecule has 146 valence electrons. The van der Waals surface area contributed by atoms with Crippen LogP contribution >= 0.6 is 11.3 Å². The minimum absolute atomic E-state index is 0.0669. The van der Waals surface area contributed by atoms with Crippen LogP contribution in [0.25, 0.3) is 21.6 Å². The molecule has 0 bridgehead atoms. The highest BCUT2D eigenvalue weighted by Crippen LogP contribution is 2.33. The monoisotopic (exact) mass is 402 g/mol. The van der Waals surface area contributed by atoms with Gasteiger partial charge in [-0.25, -0.2) is 9.67 Å². The Morgan fingerprint density at radius 2 is 2.03 bits per heavy atom. The van der Waals surface area contributed by atoms with E-state index < -0.39 is 0 Å². The standard InChI is InChI=1S/C23H22N4OS/c1-2-27-22-19(14-24-27)18(13-20(25-22)21-9-6-12-29-21)23(28)26(17-10-11-17)15-16-7-4-3-5-8-16/h3-9,12-14,17H,2,10-11,15H2,1H3. The SMILES string of the molecule is CCn1ncc2c(C(=O)N(Cc3ccccc3)C3CC3)cc(-c3cccs3)nc21. The number of pyridine rings is 1. The molecule has 5 rings (SSSR count). The maximum absolute atomic E-state index is 13.7. The molecule has 0 N–H and O–H groups in total. The van der Waals surface area contributed by atoms with Crippen LogP contribution in [0.1, 0.15) is 35.7 Å². The van der Waals surface area contributed by atoms with Crippen LogP contribution in [0.2, 0.25) is 0 Å². The topological polar surface area (TPSA) is 51.0 Å². The van der Waals surface area contributed by atoms with E-state index in [2.05, 4.69) is 17.2 Å². The van der Waals surface area contributed by atoms with Crippen molar-refractivity contribution < 1.29 is 4.79 Å². The Morgan fingerprint density at radius 3 is 2.72 bits per heavy atom. The lowest BCUT2D eigenvalue weighted by Crippen LogP contribution is -2.32. The molecule has 0 saturated heterocycles. The summed E-state index contributed by atoms with van der Waals surface area (Å²) in [5, 5.41) is 7.33. The summed E-state index contributed by atoms with van der Waals surface area (Å²) in [7, 11) is 0. The van der Waals surface area contributed by atoms with Gasteiger partial charge in [-0.2, -0.15) is 5.10 Å². The normalized spacial score (nSPS) is 13.7. The molecule has 0 radical (unpaired) electrons. The molecule has 1 fully saturated rings. The largest absolute Gasteiger partial charge is 0.331 e. The van der Waals surface area contributed by atoms with E-state index >= 15 is 0 Å². The van der Waals surface area contributed by atoms with Crippen molar-refractivity contribution in [3.8, 4) is 10.6 Å². The molecule has 6 heteroatoms. The van der Waals surface area contributed by atoms with Crippen LogP contribution in [0, 0.1) is 0 Å². The van der Waals surface area contributed by atoms with Crippen LogP contribution in [0.4, 0.5) is 0 Å². The second kappa shape index (κ2) is 7.44. The highest BCUT2D eigenvalue weighted by Gasteiger charge is 2.34. The van der Waals surface area contributed by atoms with E-state index in [0.29, 0.717) is 24.7 Å². The number of hydrogen-bond donors (Lipinski definition) is 0. The Balaban J connectivity index is 1.60. The average Bonchev–Trinajstić information content (AvgIpc) is 3.27. The summed E-state index contributed by atoms with van der Waals surface area (Å²) in [5.41, 5.74) is 3.46. The Hall–Kier alpha value is -2.99. The molecule has 0 atom stereocenters. The van der Waals surface area contributed by atoms with Crippen molar-refractivity contribution >= 4 is 28.3 Å². The number of carbonyl (C=O) groups is 1. The Kier molecular flexibility index (Phi) is 4.64. The van der Waals surface area contributed by atoms with Crippen molar-refractivity contribution in [1.82, 2.24) is 19.7 Å². The molecule has 5 nitrogen and oxygen atoms in total. The lowest BCUT2D eigenvalue weighted by Gasteiger charge is -2.23. The van der Waals surface area contributed by atoms with Gasteiger partial charge >= 0.3 is 0 Å². The van der Waals surface area contributed by atoms with Crippen molar-refractivity contribution in [3.63, 3.8) is 0 Å². The number of thiophene rings is 1. The summed E-state index contributed by atoms with van der Waals surface area (Å²) >= 11 is 1.63. The molecular formula is C23H22N4OS. The van der Waals surface area contributed by atoms with E-state index in [1.54, 1.807) is 17.5 Å². The van der Waals surface area contributed by atoms with E-state index in [1.165, 1.54) is 0 Å². The molecule has 3 heterocycles. The van der Waals surface area contributed by atoms with Crippen molar-refractivity contribution in [3.05, 3.63) is 71.2 Å². The molecule has 0 spiro atoms. The number of amides is 1. The molecular weight excluding hydrogens is 380 g/mol. The zero-order chi connectivity index (χ0) is 19.8. The van der Waals surface area contributed by atoms with Crippen molar-refractivity contribution in [2.75, 3.05) is 0 Å². The first-order valence-corrected chi connectivity index (χ1v) is 10.9. The summed E-state index contributed by atoms with van der Waals surface area (Å²) in [6.45, 7) is 3.39. The van der Waals surface area contributed by atoms with Gasteiger partial charge in [0.25, 0.3) is 5.91 Å². The number of aromatic nitrogens is 3. The van der Waals surface area contributed by atoms with Crippen LogP contribution in [0.3, 0.4) is 0 Å². The third-order valence-electron chi connectivity index (χ3n) is 5.36. The van der Waals surface area contributed by atoms with Crippen LogP contribution in [0.15, 0.2) is 60.1 Å². The van der Waals surface area contributed by atoms with Gasteiger partial charge in [-0.1, -0.05) is 36.4 Å². The van der Waals surface area contributed by atoms with Gasteiger partial charge in [0.2, 0.25) is 0 Å². The maximum Gasteiger partial charge on any atom is 0.255 e. The zero-order valence-electron chi connectivity index (χ0n) is 16.3. The fraction of sp³-hybridized carbons (Fsp3) is 0.261. The van der Waals surface area contributed by atoms with E-state index in [-0.39, 0.29) is 5.91 Å².